The summed E-state index contributed by atoms with van der Waals surface area (Å²) in [5, 5.41) is 5.96. The molecule has 1 aromatic carbocycles. The molecule has 1 saturated heterocycles. The van der Waals surface area contributed by atoms with Gasteiger partial charge in [-0.1, -0.05) is 6.92 Å². The molecule has 19 heavy (non-hydrogen) atoms. The van der Waals surface area contributed by atoms with Gasteiger partial charge in [0.05, 0.1) is 11.5 Å². The summed E-state index contributed by atoms with van der Waals surface area (Å²) in [6.07, 6.45) is 1.09. The smallest absolute Gasteiger partial charge is 0.224 e. The molecule has 0 spiro atoms. The predicted molar refractivity (Wildman–Crippen MR) is 76.0 cm³/mol. The van der Waals surface area contributed by atoms with Crippen LogP contribution < -0.4 is 10.6 Å². The number of carbonyl (C=O) groups is 1. The van der Waals surface area contributed by atoms with Gasteiger partial charge in [0.15, 0.2) is 9.84 Å². The summed E-state index contributed by atoms with van der Waals surface area (Å²) in [7, 11) is -2.86. The molecule has 1 aromatic rings. The van der Waals surface area contributed by atoms with Gasteiger partial charge in [-0.05, 0) is 30.7 Å². The molecule has 0 aromatic heterocycles. The number of hydrogen-bond donors (Lipinski definition) is 2. The standard InChI is InChI=1S/C13H18N2O3S/c1-2-13(16)15-11-5-3-10(4-6-11)14-12-7-8-19(17,18)9-12/h3-6,12,14H,2,7-9H2,1H3,(H,15,16). The second-order valence-electron chi connectivity index (χ2n) is 4.72. The number of rotatable bonds is 4. The number of amides is 1. The lowest BCUT2D eigenvalue weighted by Gasteiger charge is -2.13. The van der Waals surface area contributed by atoms with Gasteiger partial charge >= 0.3 is 0 Å². The van der Waals surface area contributed by atoms with E-state index in [1.165, 1.54) is 0 Å². The van der Waals surface area contributed by atoms with E-state index in [1.807, 2.05) is 12.1 Å². The third-order valence-electron chi connectivity index (χ3n) is 3.09. The second kappa shape index (κ2) is 5.61. The van der Waals surface area contributed by atoms with Crippen molar-refractivity contribution in [2.45, 2.75) is 25.8 Å². The molecule has 2 N–H and O–H groups in total. The number of nitrogens with one attached hydrogen (secondary N) is 2. The van der Waals surface area contributed by atoms with Crippen molar-refractivity contribution in [3.8, 4) is 0 Å². The molecule has 1 unspecified atom stereocenters. The van der Waals surface area contributed by atoms with Crippen LogP contribution in [-0.4, -0.2) is 31.9 Å². The van der Waals surface area contributed by atoms with E-state index in [2.05, 4.69) is 10.6 Å². The van der Waals surface area contributed by atoms with Gasteiger partial charge in [0, 0.05) is 23.8 Å². The SMILES string of the molecule is CCC(=O)Nc1ccc(NC2CCS(=O)(=O)C2)cc1. The van der Waals surface area contributed by atoms with Crippen molar-refractivity contribution >= 4 is 27.1 Å². The lowest BCUT2D eigenvalue weighted by atomic mass is 10.2. The van der Waals surface area contributed by atoms with Crippen LogP contribution in [0.25, 0.3) is 0 Å². The molecule has 1 aliphatic rings. The van der Waals surface area contributed by atoms with Gasteiger partial charge in [-0.25, -0.2) is 8.42 Å². The Morgan fingerprint density at radius 3 is 2.42 bits per heavy atom. The first-order chi connectivity index (χ1) is 8.98. The number of benzene rings is 1. The number of hydrogen-bond acceptors (Lipinski definition) is 4. The zero-order valence-corrected chi connectivity index (χ0v) is 11.7. The summed E-state index contributed by atoms with van der Waals surface area (Å²) >= 11 is 0. The Morgan fingerprint density at radius 1 is 1.26 bits per heavy atom. The second-order valence-corrected chi connectivity index (χ2v) is 6.95. The van der Waals surface area contributed by atoms with Crippen LogP contribution in [0.3, 0.4) is 0 Å². The first kappa shape index (κ1) is 13.9. The van der Waals surface area contributed by atoms with E-state index in [4.69, 9.17) is 0 Å². The molecular formula is C13H18N2O3S. The van der Waals surface area contributed by atoms with Crippen LogP contribution in [0.15, 0.2) is 24.3 Å². The molecular weight excluding hydrogens is 264 g/mol. The van der Waals surface area contributed by atoms with Crippen LogP contribution in [0.2, 0.25) is 0 Å². The summed E-state index contributed by atoms with van der Waals surface area (Å²) in [6, 6.07) is 7.28. The fourth-order valence-electron chi connectivity index (χ4n) is 2.04. The Balaban J connectivity index is 1.94. The van der Waals surface area contributed by atoms with Gasteiger partial charge in [0.2, 0.25) is 5.91 Å². The van der Waals surface area contributed by atoms with E-state index < -0.39 is 9.84 Å². The maximum atomic E-state index is 11.4. The summed E-state index contributed by atoms with van der Waals surface area (Å²) in [4.78, 5) is 11.2. The number of carbonyl (C=O) groups excluding carboxylic acids is 1. The van der Waals surface area contributed by atoms with Crippen LogP contribution >= 0.6 is 0 Å². The average Bonchev–Trinajstić information content (AvgIpc) is 2.71. The molecule has 2 rings (SSSR count). The Labute approximate surface area is 113 Å². The van der Waals surface area contributed by atoms with E-state index >= 15 is 0 Å². The first-order valence-corrected chi connectivity index (χ1v) is 8.17. The minimum atomic E-state index is -2.86. The van der Waals surface area contributed by atoms with E-state index in [0.29, 0.717) is 12.8 Å². The summed E-state index contributed by atoms with van der Waals surface area (Å²) < 4.78 is 22.7. The lowest BCUT2D eigenvalue weighted by molar-refractivity contribution is -0.115. The van der Waals surface area contributed by atoms with Gasteiger partial charge in [-0.15, -0.1) is 0 Å². The van der Waals surface area contributed by atoms with Crippen molar-refractivity contribution in [1.82, 2.24) is 0 Å². The molecule has 0 aliphatic carbocycles. The van der Waals surface area contributed by atoms with Gasteiger partial charge in [-0.3, -0.25) is 4.79 Å². The minimum absolute atomic E-state index is 0.0129. The highest BCUT2D eigenvalue weighted by atomic mass is 32.2. The van der Waals surface area contributed by atoms with Crippen molar-refractivity contribution < 1.29 is 13.2 Å². The molecule has 0 bridgehead atoms. The molecule has 1 heterocycles. The molecule has 1 atom stereocenters. The molecule has 6 heteroatoms. The molecule has 5 nitrogen and oxygen atoms in total. The molecule has 0 radical (unpaired) electrons. The maximum absolute atomic E-state index is 11.4. The van der Waals surface area contributed by atoms with Crippen molar-refractivity contribution in [2.75, 3.05) is 22.1 Å². The normalized spacial score (nSPS) is 21.0. The van der Waals surface area contributed by atoms with Crippen molar-refractivity contribution in [1.29, 1.82) is 0 Å². The zero-order valence-electron chi connectivity index (χ0n) is 10.8. The number of anilines is 2. The van der Waals surface area contributed by atoms with Gasteiger partial charge in [-0.2, -0.15) is 0 Å². The van der Waals surface area contributed by atoms with Crippen molar-refractivity contribution in [2.24, 2.45) is 0 Å². The van der Waals surface area contributed by atoms with Crippen LogP contribution in [0, 0.1) is 0 Å². The maximum Gasteiger partial charge on any atom is 0.224 e. The summed E-state index contributed by atoms with van der Waals surface area (Å²) in [5.41, 5.74) is 1.62. The van der Waals surface area contributed by atoms with Crippen molar-refractivity contribution in [3.05, 3.63) is 24.3 Å². The molecule has 1 amide bonds. The van der Waals surface area contributed by atoms with Crippen LogP contribution in [0.1, 0.15) is 19.8 Å². The highest BCUT2D eigenvalue weighted by molar-refractivity contribution is 7.91. The highest BCUT2D eigenvalue weighted by Gasteiger charge is 2.27. The topological polar surface area (TPSA) is 75.3 Å². The Kier molecular flexibility index (Phi) is 4.09. The average molecular weight is 282 g/mol. The van der Waals surface area contributed by atoms with Gasteiger partial charge < -0.3 is 10.6 Å². The van der Waals surface area contributed by atoms with Gasteiger partial charge in [0.25, 0.3) is 0 Å². The Morgan fingerprint density at radius 2 is 1.89 bits per heavy atom. The quantitative estimate of drug-likeness (QED) is 0.880. The van der Waals surface area contributed by atoms with E-state index in [9.17, 15) is 13.2 Å². The fraction of sp³-hybridized carbons (Fsp3) is 0.462. The van der Waals surface area contributed by atoms with Crippen molar-refractivity contribution in [3.63, 3.8) is 0 Å². The highest BCUT2D eigenvalue weighted by Crippen LogP contribution is 2.19. The van der Waals surface area contributed by atoms with E-state index in [1.54, 1.807) is 19.1 Å². The first-order valence-electron chi connectivity index (χ1n) is 6.35. The van der Waals surface area contributed by atoms with Gasteiger partial charge in [0.1, 0.15) is 0 Å². The summed E-state index contributed by atoms with van der Waals surface area (Å²) in [6.45, 7) is 1.80. The third kappa shape index (κ3) is 3.96. The lowest BCUT2D eigenvalue weighted by Crippen LogP contribution is -2.20. The Bertz CT molecular complexity index is 552. The fourth-order valence-corrected chi connectivity index (χ4v) is 3.72. The minimum Gasteiger partial charge on any atom is -0.381 e. The third-order valence-corrected chi connectivity index (χ3v) is 4.86. The summed E-state index contributed by atoms with van der Waals surface area (Å²) in [5.74, 6) is 0.430. The zero-order chi connectivity index (χ0) is 13.9. The molecule has 1 aliphatic heterocycles. The molecule has 1 fully saturated rings. The van der Waals surface area contributed by atoms with E-state index in [-0.39, 0.29) is 23.5 Å². The monoisotopic (exact) mass is 282 g/mol. The largest absolute Gasteiger partial charge is 0.381 e. The predicted octanol–water partition coefficient (Wildman–Crippen LogP) is 1.63. The Hall–Kier alpha value is -1.56. The van der Waals surface area contributed by atoms with Crippen LogP contribution in [-0.2, 0) is 14.6 Å². The molecule has 104 valence electrons. The van der Waals surface area contributed by atoms with Crippen LogP contribution in [0.4, 0.5) is 11.4 Å². The number of sulfone groups is 1. The molecule has 0 saturated carbocycles. The van der Waals surface area contributed by atoms with Crippen LogP contribution in [0.5, 0.6) is 0 Å². The van der Waals surface area contributed by atoms with E-state index in [0.717, 1.165) is 11.4 Å².